The first-order valence-electron chi connectivity index (χ1n) is 7.46. The van der Waals surface area contributed by atoms with Crippen molar-refractivity contribution in [2.45, 2.75) is 19.7 Å². The molecule has 25 heavy (non-hydrogen) atoms. The van der Waals surface area contributed by atoms with E-state index in [4.69, 9.17) is 16.3 Å². The molecule has 3 aromatic rings. The van der Waals surface area contributed by atoms with E-state index in [-0.39, 0.29) is 18.1 Å². The van der Waals surface area contributed by atoms with Crippen molar-refractivity contribution in [1.82, 2.24) is 9.78 Å². The lowest BCUT2D eigenvalue weighted by atomic mass is 10.2. The zero-order chi connectivity index (χ0) is 18.0. The van der Waals surface area contributed by atoms with Gasteiger partial charge in [-0.15, -0.1) is 0 Å². The summed E-state index contributed by atoms with van der Waals surface area (Å²) in [5.74, 6) is -0.272. The Kier molecular flexibility index (Phi) is 4.72. The normalized spacial score (nSPS) is 11.6. The molecular weight excluding hydrogens is 353 g/mol. The average Bonchev–Trinajstić information content (AvgIpc) is 2.92. The summed E-state index contributed by atoms with van der Waals surface area (Å²) in [5.41, 5.74) is 0.492. The van der Waals surface area contributed by atoms with Crippen LogP contribution in [0.25, 0.3) is 5.69 Å². The molecule has 2 aromatic carbocycles. The second-order valence-corrected chi connectivity index (χ2v) is 5.86. The van der Waals surface area contributed by atoms with E-state index in [1.807, 2.05) is 0 Å². The molecule has 0 aliphatic rings. The van der Waals surface area contributed by atoms with Crippen LogP contribution in [0, 0.1) is 6.92 Å². The Hall–Kier alpha value is -2.47. The third kappa shape index (κ3) is 3.79. The molecule has 0 spiro atoms. The molecule has 130 valence electrons. The van der Waals surface area contributed by atoms with Crippen molar-refractivity contribution in [3.8, 4) is 11.4 Å². The monoisotopic (exact) mass is 366 g/mol. The van der Waals surface area contributed by atoms with Crippen LogP contribution in [0.3, 0.4) is 0 Å². The number of alkyl halides is 3. The average molecular weight is 367 g/mol. The van der Waals surface area contributed by atoms with Crippen LogP contribution in [0.15, 0.2) is 54.6 Å². The molecule has 7 heteroatoms. The Morgan fingerprint density at radius 3 is 2.28 bits per heavy atom. The van der Waals surface area contributed by atoms with Crippen LogP contribution in [0.1, 0.15) is 17.0 Å². The molecular formula is C18H14ClF3N2O. The predicted octanol–water partition coefficient (Wildman–Crippen LogP) is 5.43. The first kappa shape index (κ1) is 17.4. The molecule has 0 fully saturated rings. The third-order valence-electron chi connectivity index (χ3n) is 3.63. The van der Waals surface area contributed by atoms with Crippen molar-refractivity contribution in [2.75, 3.05) is 0 Å². The summed E-state index contributed by atoms with van der Waals surface area (Å²) < 4.78 is 46.8. The number of aromatic nitrogens is 2. The van der Waals surface area contributed by atoms with Crippen molar-refractivity contribution >= 4 is 11.6 Å². The minimum Gasteiger partial charge on any atom is -0.485 e. The number of nitrogens with zero attached hydrogens (tertiary/aromatic N) is 2. The Morgan fingerprint density at radius 1 is 1.04 bits per heavy atom. The molecule has 0 radical (unpaired) electrons. The Balaban J connectivity index is 1.96. The number of halogens is 4. The molecule has 0 amide bonds. The zero-order valence-electron chi connectivity index (χ0n) is 13.2. The lowest BCUT2D eigenvalue weighted by Gasteiger charge is -2.09. The van der Waals surface area contributed by atoms with E-state index in [1.165, 1.54) is 4.68 Å². The number of hydrogen-bond acceptors (Lipinski definition) is 2. The van der Waals surface area contributed by atoms with E-state index in [9.17, 15) is 13.2 Å². The molecule has 1 aromatic heterocycles. The zero-order valence-corrected chi connectivity index (χ0v) is 14.0. The fourth-order valence-corrected chi connectivity index (χ4v) is 2.53. The summed E-state index contributed by atoms with van der Waals surface area (Å²) in [6, 6.07) is 15.3. The first-order valence-corrected chi connectivity index (χ1v) is 7.83. The number of hydrogen-bond donors (Lipinski definition) is 0. The van der Waals surface area contributed by atoms with E-state index >= 15 is 0 Å². The van der Waals surface area contributed by atoms with Crippen LogP contribution in [0.4, 0.5) is 13.2 Å². The summed E-state index contributed by atoms with van der Waals surface area (Å²) in [4.78, 5) is 0. The predicted molar refractivity (Wildman–Crippen MR) is 89.1 cm³/mol. The molecule has 0 saturated heterocycles. The van der Waals surface area contributed by atoms with E-state index < -0.39 is 11.9 Å². The van der Waals surface area contributed by atoms with E-state index in [0.717, 1.165) is 0 Å². The van der Waals surface area contributed by atoms with Gasteiger partial charge in [0, 0.05) is 5.02 Å². The SMILES string of the molecule is Cc1c(OCc2ccc(Cl)cc2)c(C(F)(F)F)nn1-c1ccccc1. The Morgan fingerprint density at radius 2 is 1.68 bits per heavy atom. The van der Waals surface area contributed by atoms with E-state index in [0.29, 0.717) is 16.3 Å². The van der Waals surface area contributed by atoms with Crippen LogP contribution in [-0.2, 0) is 12.8 Å². The molecule has 0 bridgehead atoms. The van der Waals surface area contributed by atoms with Gasteiger partial charge < -0.3 is 4.74 Å². The molecule has 0 saturated carbocycles. The number of rotatable bonds is 4. The molecule has 0 aliphatic heterocycles. The highest BCUT2D eigenvalue weighted by Gasteiger charge is 2.40. The molecule has 0 N–H and O–H groups in total. The van der Waals surface area contributed by atoms with Crippen LogP contribution < -0.4 is 4.74 Å². The van der Waals surface area contributed by atoms with E-state index in [2.05, 4.69) is 5.10 Å². The minimum atomic E-state index is -4.61. The maximum Gasteiger partial charge on any atom is 0.438 e. The van der Waals surface area contributed by atoms with Crippen LogP contribution in [0.2, 0.25) is 5.02 Å². The standard InChI is InChI=1S/C18H14ClF3N2O/c1-12-16(25-11-13-7-9-14(19)10-8-13)17(18(20,21)22)23-24(12)15-5-3-2-4-6-15/h2-10H,11H2,1H3. The molecule has 0 unspecified atom stereocenters. The van der Waals surface area contributed by atoms with Gasteiger partial charge in [-0.25, -0.2) is 4.68 Å². The van der Waals surface area contributed by atoms with Crippen LogP contribution >= 0.6 is 11.6 Å². The fourth-order valence-electron chi connectivity index (χ4n) is 2.40. The van der Waals surface area contributed by atoms with Crippen molar-refractivity contribution in [3.63, 3.8) is 0 Å². The van der Waals surface area contributed by atoms with Gasteiger partial charge in [-0.05, 0) is 36.8 Å². The second-order valence-electron chi connectivity index (χ2n) is 5.42. The lowest BCUT2D eigenvalue weighted by molar-refractivity contribution is -0.142. The molecule has 3 rings (SSSR count). The largest absolute Gasteiger partial charge is 0.485 e. The highest BCUT2D eigenvalue weighted by Crippen LogP contribution is 2.38. The summed E-state index contributed by atoms with van der Waals surface area (Å²) in [5, 5.41) is 4.27. The highest BCUT2D eigenvalue weighted by molar-refractivity contribution is 6.30. The fraction of sp³-hybridized carbons (Fsp3) is 0.167. The van der Waals surface area contributed by atoms with Gasteiger partial charge in [0.25, 0.3) is 0 Å². The van der Waals surface area contributed by atoms with Gasteiger partial charge in [-0.2, -0.15) is 18.3 Å². The van der Waals surface area contributed by atoms with Gasteiger partial charge in [-0.3, -0.25) is 0 Å². The highest BCUT2D eigenvalue weighted by atomic mass is 35.5. The van der Waals surface area contributed by atoms with Crippen LogP contribution in [0.5, 0.6) is 5.75 Å². The first-order chi connectivity index (χ1) is 11.9. The summed E-state index contributed by atoms with van der Waals surface area (Å²) in [7, 11) is 0. The summed E-state index contributed by atoms with van der Waals surface area (Å²) in [6.07, 6.45) is -4.61. The van der Waals surface area contributed by atoms with Gasteiger partial charge in [0.15, 0.2) is 5.75 Å². The Labute approximate surface area is 147 Å². The molecule has 0 atom stereocenters. The van der Waals surface area contributed by atoms with Crippen LogP contribution in [-0.4, -0.2) is 9.78 Å². The summed E-state index contributed by atoms with van der Waals surface area (Å²) in [6.45, 7) is 1.54. The quantitative estimate of drug-likeness (QED) is 0.615. The van der Waals surface area contributed by atoms with Gasteiger partial charge in [0.05, 0.1) is 11.4 Å². The number of benzene rings is 2. The maximum absolute atomic E-state index is 13.4. The van der Waals surface area contributed by atoms with Crippen molar-refractivity contribution in [2.24, 2.45) is 0 Å². The van der Waals surface area contributed by atoms with E-state index in [1.54, 1.807) is 61.5 Å². The molecule has 0 aliphatic carbocycles. The molecule has 1 heterocycles. The van der Waals surface area contributed by atoms with Crippen molar-refractivity contribution < 1.29 is 17.9 Å². The summed E-state index contributed by atoms with van der Waals surface area (Å²) >= 11 is 5.81. The minimum absolute atomic E-state index is 0.0123. The number of para-hydroxylation sites is 1. The van der Waals surface area contributed by atoms with Gasteiger partial charge in [-0.1, -0.05) is 41.9 Å². The third-order valence-corrected chi connectivity index (χ3v) is 3.88. The smallest absolute Gasteiger partial charge is 0.438 e. The molecule has 3 nitrogen and oxygen atoms in total. The van der Waals surface area contributed by atoms with Gasteiger partial charge in [0.2, 0.25) is 5.69 Å². The Bertz CT molecular complexity index is 859. The van der Waals surface area contributed by atoms with Crippen molar-refractivity contribution in [3.05, 3.63) is 76.6 Å². The van der Waals surface area contributed by atoms with Crippen molar-refractivity contribution in [1.29, 1.82) is 0 Å². The van der Waals surface area contributed by atoms with Gasteiger partial charge in [0.1, 0.15) is 6.61 Å². The lowest BCUT2D eigenvalue weighted by Crippen LogP contribution is -2.09. The maximum atomic E-state index is 13.4. The van der Waals surface area contributed by atoms with Gasteiger partial charge >= 0.3 is 6.18 Å². The topological polar surface area (TPSA) is 27.1 Å². The second kappa shape index (κ2) is 6.80. The number of ether oxygens (including phenoxy) is 1.